The zero-order valence-corrected chi connectivity index (χ0v) is 18.4. The maximum atomic E-state index is 13.0. The first-order valence-electron chi connectivity index (χ1n) is 9.46. The maximum Gasteiger partial charge on any atom is 0.264 e. The molecule has 0 radical (unpaired) electrons. The highest BCUT2D eigenvalue weighted by Crippen LogP contribution is 2.43. The van der Waals surface area contributed by atoms with Gasteiger partial charge in [-0.25, -0.2) is 13.1 Å². The first kappa shape index (κ1) is 23.0. The molecule has 0 aromatic heterocycles. The molecule has 1 heterocycles. The molecule has 1 aliphatic rings. The number of carbonyl (C=O) groups is 1. The fraction of sp³-hybridized carbons (Fsp3) is 0.579. The van der Waals surface area contributed by atoms with E-state index in [0.29, 0.717) is 30.4 Å². The van der Waals surface area contributed by atoms with Gasteiger partial charge in [-0.1, -0.05) is 0 Å². The van der Waals surface area contributed by atoms with E-state index in [1.807, 2.05) is 20.8 Å². The van der Waals surface area contributed by atoms with Gasteiger partial charge in [0.25, 0.3) is 10.0 Å². The van der Waals surface area contributed by atoms with Crippen LogP contribution in [-0.4, -0.2) is 38.5 Å². The van der Waals surface area contributed by atoms with Crippen molar-refractivity contribution < 1.29 is 17.9 Å². The smallest absolute Gasteiger partial charge is 0.264 e. The van der Waals surface area contributed by atoms with E-state index in [-0.39, 0.29) is 23.0 Å². The number of guanidine groups is 1. The number of nitrogens with two attached hydrogens (primary N) is 3. The zero-order chi connectivity index (χ0) is 22.1. The highest BCUT2D eigenvalue weighted by molar-refractivity contribution is 7.90. The number of hydrogen-bond donors (Lipinski definition) is 4. The average molecular weight is 426 g/mol. The first-order valence-corrected chi connectivity index (χ1v) is 10.9. The third kappa shape index (κ3) is 4.99. The molecule has 1 aromatic rings. The number of nitrogens with zero attached hydrogens (tertiary/aromatic N) is 1. The van der Waals surface area contributed by atoms with Crippen molar-refractivity contribution in [3.63, 3.8) is 0 Å². The predicted octanol–water partition coefficient (Wildman–Crippen LogP) is 0.511. The van der Waals surface area contributed by atoms with Crippen molar-refractivity contribution in [2.75, 3.05) is 6.54 Å². The molecular formula is C19H31N5O4S. The van der Waals surface area contributed by atoms with Crippen LogP contribution in [-0.2, 0) is 21.2 Å². The van der Waals surface area contributed by atoms with E-state index in [1.54, 1.807) is 13.8 Å². The summed E-state index contributed by atoms with van der Waals surface area (Å²) in [6, 6.07) is -0.755. The number of benzene rings is 1. The Morgan fingerprint density at radius 3 is 2.41 bits per heavy atom. The van der Waals surface area contributed by atoms with E-state index in [1.165, 1.54) is 0 Å². The molecule has 1 aliphatic heterocycles. The van der Waals surface area contributed by atoms with Gasteiger partial charge in [-0.2, -0.15) is 0 Å². The maximum absolute atomic E-state index is 13.0. The number of sulfonamides is 1. The van der Waals surface area contributed by atoms with E-state index >= 15 is 0 Å². The van der Waals surface area contributed by atoms with Gasteiger partial charge in [0.1, 0.15) is 11.4 Å². The molecule has 2 rings (SSSR count). The second-order valence-electron chi connectivity index (χ2n) is 8.07. The Bertz CT molecular complexity index is 954. The van der Waals surface area contributed by atoms with E-state index in [9.17, 15) is 13.2 Å². The van der Waals surface area contributed by atoms with Crippen LogP contribution in [0.1, 0.15) is 48.9 Å². The summed E-state index contributed by atoms with van der Waals surface area (Å²) in [4.78, 5) is 15.1. The second kappa shape index (κ2) is 8.19. The number of hydrogen-bond acceptors (Lipinski definition) is 6. The van der Waals surface area contributed by atoms with Gasteiger partial charge >= 0.3 is 0 Å². The minimum atomic E-state index is -3.93. The number of nitrogens with one attached hydrogen (secondary N) is 1. The van der Waals surface area contributed by atoms with Gasteiger partial charge in [0.15, 0.2) is 0 Å². The fourth-order valence-corrected chi connectivity index (χ4v) is 5.05. The van der Waals surface area contributed by atoms with Crippen molar-refractivity contribution in [3.8, 4) is 5.75 Å². The van der Waals surface area contributed by atoms with Gasteiger partial charge in [-0.3, -0.25) is 9.79 Å². The van der Waals surface area contributed by atoms with Gasteiger partial charge in [-0.15, -0.1) is 0 Å². The van der Waals surface area contributed by atoms with E-state index in [2.05, 4.69) is 9.71 Å². The lowest BCUT2D eigenvalue weighted by Gasteiger charge is -2.19. The molecule has 0 unspecified atom stereocenters. The van der Waals surface area contributed by atoms with Crippen molar-refractivity contribution in [2.24, 2.45) is 22.2 Å². The molecule has 0 saturated carbocycles. The monoisotopic (exact) mass is 425 g/mol. The van der Waals surface area contributed by atoms with Gasteiger partial charge in [0.2, 0.25) is 11.9 Å². The third-order valence-electron chi connectivity index (χ3n) is 5.12. The van der Waals surface area contributed by atoms with Gasteiger partial charge in [-0.05, 0) is 64.2 Å². The zero-order valence-electron chi connectivity index (χ0n) is 17.6. The van der Waals surface area contributed by atoms with Crippen LogP contribution in [0.5, 0.6) is 5.75 Å². The van der Waals surface area contributed by atoms with Crippen LogP contribution in [0, 0.1) is 20.8 Å². The largest absolute Gasteiger partial charge is 0.487 e. The standard InChI is InChI=1S/C19H31N5O4S/c1-10-11(2)16(12(3)13-9-19(4,5)28-15(10)13)29(26,27)24-18(22)23-8-6-7-14(20)17(21)25/h14H,6-9,20H2,1-5H3,(H2,21,25)(H3,22,23,24)/t14-/m0/s1. The Labute approximate surface area is 172 Å². The number of rotatable bonds is 7. The summed E-state index contributed by atoms with van der Waals surface area (Å²) in [5, 5.41) is 0. The molecule has 0 saturated heterocycles. The number of ether oxygens (including phenoxy) is 1. The quantitative estimate of drug-likeness (QED) is 0.282. The number of carbonyl (C=O) groups excluding carboxylic acids is 1. The molecule has 0 aliphatic carbocycles. The topological polar surface area (TPSA) is 163 Å². The fourth-order valence-electron chi connectivity index (χ4n) is 3.52. The van der Waals surface area contributed by atoms with Crippen molar-refractivity contribution in [1.29, 1.82) is 0 Å². The van der Waals surface area contributed by atoms with Crippen LogP contribution in [0.15, 0.2) is 9.89 Å². The Hall–Kier alpha value is -2.33. The predicted molar refractivity (Wildman–Crippen MR) is 112 cm³/mol. The summed E-state index contributed by atoms with van der Waals surface area (Å²) in [6.45, 7) is 9.56. The minimum absolute atomic E-state index is 0.198. The molecule has 0 fully saturated rings. The molecule has 1 aromatic carbocycles. The lowest BCUT2D eigenvalue weighted by Crippen LogP contribution is -2.38. The molecule has 1 atom stereocenters. The van der Waals surface area contributed by atoms with Crippen molar-refractivity contribution in [3.05, 3.63) is 22.3 Å². The number of primary amides is 1. The van der Waals surface area contributed by atoms with E-state index in [4.69, 9.17) is 21.9 Å². The van der Waals surface area contributed by atoms with Crippen molar-refractivity contribution >= 4 is 21.9 Å². The molecule has 0 spiro atoms. The Morgan fingerprint density at radius 1 is 1.21 bits per heavy atom. The summed E-state index contributed by atoms with van der Waals surface area (Å²) in [6.07, 6.45) is 1.42. The summed E-state index contributed by atoms with van der Waals surface area (Å²) < 4.78 is 34.4. The lowest BCUT2D eigenvalue weighted by molar-refractivity contribution is -0.119. The number of aliphatic imine (C=N–C) groups is 1. The SMILES string of the molecule is Cc1c(C)c(S(=O)(=O)NC(N)=NCCC[C@H](N)C(N)=O)c(C)c2c1OC(C)(C)C2. The summed E-state index contributed by atoms with van der Waals surface area (Å²) in [7, 11) is -3.93. The molecule has 29 heavy (non-hydrogen) atoms. The third-order valence-corrected chi connectivity index (χ3v) is 6.75. The van der Waals surface area contributed by atoms with Crippen LogP contribution in [0.2, 0.25) is 0 Å². The van der Waals surface area contributed by atoms with Crippen LogP contribution in [0.25, 0.3) is 0 Å². The first-order chi connectivity index (χ1) is 13.3. The van der Waals surface area contributed by atoms with Crippen LogP contribution < -0.4 is 26.7 Å². The average Bonchev–Trinajstić information content (AvgIpc) is 2.92. The van der Waals surface area contributed by atoms with Crippen LogP contribution >= 0.6 is 0 Å². The normalized spacial score (nSPS) is 16.8. The van der Waals surface area contributed by atoms with E-state index in [0.717, 1.165) is 16.9 Å². The molecule has 10 heteroatoms. The molecule has 0 bridgehead atoms. The lowest BCUT2D eigenvalue weighted by atomic mass is 9.94. The summed E-state index contributed by atoms with van der Waals surface area (Å²) in [5.41, 5.74) is 19.0. The number of fused-ring (bicyclic) bond motifs is 1. The Balaban J connectivity index is 2.23. The van der Waals surface area contributed by atoms with Crippen molar-refractivity contribution in [2.45, 2.75) is 70.4 Å². The molecule has 7 N–H and O–H groups in total. The number of amides is 1. The molecular weight excluding hydrogens is 394 g/mol. The highest BCUT2D eigenvalue weighted by Gasteiger charge is 2.36. The van der Waals surface area contributed by atoms with Crippen molar-refractivity contribution in [1.82, 2.24) is 4.72 Å². The Kier molecular flexibility index (Phi) is 6.48. The summed E-state index contributed by atoms with van der Waals surface area (Å²) in [5.74, 6) is -0.0460. The van der Waals surface area contributed by atoms with Gasteiger partial charge < -0.3 is 21.9 Å². The minimum Gasteiger partial charge on any atom is -0.487 e. The second-order valence-corrected chi connectivity index (χ2v) is 9.69. The molecule has 162 valence electrons. The van der Waals surface area contributed by atoms with E-state index < -0.39 is 22.0 Å². The van der Waals surface area contributed by atoms with Crippen LogP contribution in [0.3, 0.4) is 0 Å². The van der Waals surface area contributed by atoms with Crippen LogP contribution in [0.4, 0.5) is 0 Å². The Morgan fingerprint density at radius 2 is 1.83 bits per heavy atom. The summed E-state index contributed by atoms with van der Waals surface area (Å²) >= 11 is 0. The van der Waals surface area contributed by atoms with Gasteiger partial charge in [0, 0.05) is 18.5 Å². The van der Waals surface area contributed by atoms with Gasteiger partial charge in [0.05, 0.1) is 10.9 Å². The molecule has 1 amide bonds. The highest BCUT2D eigenvalue weighted by atomic mass is 32.2. The molecule has 9 nitrogen and oxygen atoms in total.